The molecule has 2 atom stereocenters. The predicted molar refractivity (Wildman–Crippen MR) is 131 cm³/mol. The van der Waals surface area contributed by atoms with Gasteiger partial charge in [0.1, 0.15) is 6.79 Å². The second-order valence-corrected chi connectivity index (χ2v) is 5.14. The Morgan fingerprint density at radius 3 is 2.03 bits per heavy atom. The molecule has 0 heterocycles. The van der Waals surface area contributed by atoms with Crippen LogP contribution in [0.4, 0.5) is 0 Å². The Hall–Kier alpha value is -1.73. The van der Waals surface area contributed by atoms with Crippen LogP contribution in [0.15, 0.2) is 48.1 Å². The molecule has 6 nitrogen and oxygen atoms in total. The molecule has 1 aliphatic rings. The highest BCUT2D eigenvalue weighted by molar-refractivity contribution is 5.73. The first-order valence-electron chi connectivity index (χ1n) is 11.1. The van der Waals surface area contributed by atoms with Gasteiger partial charge in [0.15, 0.2) is 13.1 Å². The Morgan fingerprint density at radius 1 is 1.03 bits per heavy atom. The van der Waals surface area contributed by atoms with Crippen molar-refractivity contribution in [3.05, 3.63) is 48.1 Å². The third-order valence-electron chi connectivity index (χ3n) is 3.17. The molecule has 1 aliphatic carbocycles. The van der Waals surface area contributed by atoms with Gasteiger partial charge in [-0.25, -0.2) is 0 Å². The fraction of sp³-hybridized carbons (Fsp3) is 0.640. The van der Waals surface area contributed by atoms with Crippen LogP contribution in [0.5, 0.6) is 0 Å². The monoisotopic (exact) mass is 444 g/mol. The van der Waals surface area contributed by atoms with Crippen molar-refractivity contribution in [2.45, 2.75) is 74.5 Å². The zero-order valence-corrected chi connectivity index (χ0v) is 21.5. The number of esters is 1. The van der Waals surface area contributed by atoms with Gasteiger partial charge in [0.25, 0.3) is 0 Å². The normalized spacial score (nSPS) is 15.1. The van der Waals surface area contributed by atoms with E-state index >= 15 is 0 Å². The Labute approximate surface area is 191 Å². The quantitative estimate of drug-likeness (QED) is 0.260. The van der Waals surface area contributed by atoms with Gasteiger partial charge in [-0.2, -0.15) is 0 Å². The van der Waals surface area contributed by atoms with Crippen molar-refractivity contribution < 1.29 is 28.8 Å². The lowest BCUT2D eigenvalue weighted by atomic mass is 10.0. The summed E-state index contributed by atoms with van der Waals surface area (Å²) in [5, 5.41) is 9.42. The summed E-state index contributed by atoms with van der Waals surface area (Å²) >= 11 is 0. The molecule has 0 spiro atoms. The van der Waals surface area contributed by atoms with Crippen molar-refractivity contribution in [1.82, 2.24) is 0 Å². The standard InChI is InChI=1S/C10H16O3.C9H14O3.3C2H6/c1-4-6-9(5-2)7-10(11)13-8-12-3;1-11-7-12-9(10)8-5-3-2-4-6-8;3*1-2/h4-6H,7-8H2,1-3H3;2-5,8-10H,6-7H2,1H3;3*1-2H3/b6-4-,9-5+;;;;. The van der Waals surface area contributed by atoms with Crippen LogP contribution in [0.3, 0.4) is 0 Å². The molecule has 0 bridgehead atoms. The van der Waals surface area contributed by atoms with Gasteiger partial charge in [0.05, 0.1) is 6.42 Å². The maximum absolute atomic E-state index is 11.1. The molecule has 0 aliphatic heterocycles. The molecule has 0 amide bonds. The first-order chi connectivity index (χ1) is 15.1. The van der Waals surface area contributed by atoms with Crippen LogP contribution in [-0.4, -0.2) is 45.2 Å². The van der Waals surface area contributed by atoms with E-state index in [1.54, 1.807) is 0 Å². The van der Waals surface area contributed by atoms with E-state index in [1.807, 2.05) is 97.9 Å². The van der Waals surface area contributed by atoms with E-state index in [0.717, 1.165) is 12.0 Å². The van der Waals surface area contributed by atoms with Crippen LogP contribution in [-0.2, 0) is 23.7 Å². The first-order valence-corrected chi connectivity index (χ1v) is 11.1. The van der Waals surface area contributed by atoms with Crippen molar-refractivity contribution in [2.24, 2.45) is 5.92 Å². The molecule has 0 aromatic heterocycles. The summed E-state index contributed by atoms with van der Waals surface area (Å²) in [4.78, 5) is 11.1. The zero-order valence-electron chi connectivity index (χ0n) is 21.5. The van der Waals surface area contributed by atoms with Crippen LogP contribution < -0.4 is 0 Å². The van der Waals surface area contributed by atoms with Crippen molar-refractivity contribution in [3.8, 4) is 0 Å². The summed E-state index contributed by atoms with van der Waals surface area (Å²) in [5.74, 6) is -0.210. The molecule has 0 saturated carbocycles. The van der Waals surface area contributed by atoms with E-state index in [1.165, 1.54) is 14.2 Å². The third kappa shape index (κ3) is 26.2. The summed E-state index contributed by atoms with van der Waals surface area (Å²) in [6.45, 7) is 15.9. The van der Waals surface area contributed by atoms with Crippen LogP contribution in [0.2, 0.25) is 0 Å². The fourth-order valence-corrected chi connectivity index (χ4v) is 1.89. The van der Waals surface area contributed by atoms with Gasteiger partial charge >= 0.3 is 5.97 Å². The van der Waals surface area contributed by atoms with E-state index < -0.39 is 6.29 Å². The molecular formula is C25H48O6. The average Bonchev–Trinajstić information content (AvgIpc) is 2.85. The van der Waals surface area contributed by atoms with Crippen LogP contribution in [0, 0.1) is 5.92 Å². The molecule has 0 saturated heterocycles. The minimum Gasteiger partial charge on any atom is -0.438 e. The van der Waals surface area contributed by atoms with Crippen molar-refractivity contribution in [2.75, 3.05) is 27.8 Å². The van der Waals surface area contributed by atoms with Gasteiger partial charge in [-0.1, -0.05) is 84.1 Å². The fourth-order valence-electron chi connectivity index (χ4n) is 1.89. The molecule has 0 fully saturated rings. The molecule has 2 unspecified atom stereocenters. The number of hydrogen-bond acceptors (Lipinski definition) is 6. The molecule has 0 radical (unpaired) electrons. The van der Waals surface area contributed by atoms with E-state index in [9.17, 15) is 9.90 Å². The zero-order chi connectivity index (χ0) is 24.9. The minimum atomic E-state index is -0.758. The lowest BCUT2D eigenvalue weighted by Crippen LogP contribution is -2.23. The molecule has 1 rings (SSSR count). The van der Waals surface area contributed by atoms with Crippen molar-refractivity contribution in [1.29, 1.82) is 0 Å². The number of allylic oxidation sites excluding steroid dienone is 6. The van der Waals surface area contributed by atoms with E-state index in [0.29, 0.717) is 6.42 Å². The number of aliphatic hydroxyl groups excluding tert-OH is 1. The number of ether oxygens (including phenoxy) is 4. The van der Waals surface area contributed by atoms with Gasteiger partial charge in [-0.3, -0.25) is 4.79 Å². The summed E-state index contributed by atoms with van der Waals surface area (Å²) in [7, 11) is 3.01. The Balaban J connectivity index is -0.000000189. The summed E-state index contributed by atoms with van der Waals surface area (Å²) < 4.78 is 19.0. The highest BCUT2D eigenvalue weighted by Gasteiger charge is 2.16. The lowest BCUT2D eigenvalue weighted by molar-refractivity contribution is -0.177. The third-order valence-corrected chi connectivity index (χ3v) is 3.17. The molecular weight excluding hydrogens is 396 g/mol. The van der Waals surface area contributed by atoms with Gasteiger partial charge in [0, 0.05) is 20.1 Å². The Bertz CT molecular complexity index is 467. The summed E-state index contributed by atoms with van der Waals surface area (Å²) in [6.07, 6.45) is 13.8. The number of rotatable bonds is 9. The minimum absolute atomic E-state index is 0.0195. The molecule has 0 aromatic carbocycles. The maximum atomic E-state index is 11.1. The van der Waals surface area contributed by atoms with Crippen LogP contribution in [0.1, 0.15) is 68.2 Å². The average molecular weight is 445 g/mol. The summed E-state index contributed by atoms with van der Waals surface area (Å²) in [5.41, 5.74) is 0.948. The topological polar surface area (TPSA) is 74.2 Å². The van der Waals surface area contributed by atoms with E-state index in [4.69, 9.17) is 9.47 Å². The number of hydrogen-bond donors (Lipinski definition) is 1. The molecule has 6 heteroatoms. The highest BCUT2D eigenvalue weighted by Crippen LogP contribution is 2.16. The highest BCUT2D eigenvalue weighted by atomic mass is 16.7. The second-order valence-electron chi connectivity index (χ2n) is 5.14. The molecule has 31 heavy (non-hydrogen) atoms. The maximum Gasteiger partial charge on any atom is 0.312 e. The largest absolute Gasteiger partial charge is 0.438 e. The van der Waals surface area contributed by atoms with Crippen molar-refractivity contribution in [3.63, 3.8) is 0 Å². The Morgan fingerprint density at radius 2 is 1.61 bits per heavy atom. The van der Waals surface area contributed by atoms with E-state index in [2.05, 4.69) is 9.47 Å². The second kappa shape index (κ2) is 32.9. The number of methoxy groups -OCH3 is 2. The number of carbonyl (C=O) groups excluding carboxylic acids is 1. The van der Waals surface area contributed by atoms with Gasteiger partial charge in [0.2, 0.25) is 0 Å². The predicted octanol–water partition coefficient (Wildman–Crippen LogP) is 6.18. The lowest BCUT2D eigenvalue weighted by Gasteiger charge is -2.19. The van der Waals surface area contributed by atoms with E-state index in [-0.39, 0.29) is 25.5 Å². The number of carbonyl (C=O) groups is 1. The summed E-state index contributed by atoms with van der Waals surface area (Å²) in [6, 6.07) is 0. The Kier molecular flexibility index (Phi) is 38.9. The SMILES string of the molecule is C/C=C\C(=C/C)CC(=O)OCOC.CC.CC.CC.COCOC(O)C1C=CC=CC1. The smallest absolute Gasteiger partial charge is 0.312 e. The molecule has 1 N–H and O–H groups in total. The molecule has 184 valence electrons. The number of aliphatic hydroxyl groups is 1. The van der Waals surface area contributed by atoms with Gasteiger partial charge in [-0.15, -0.1) is 0 Å². The van der Waals surface area contributed by atoms with Gasteiger partial charge < -0.3 is 24.1 Å². The van der Waals surface area contributed by atoms with Crippen molar-refractivity contribution >= 4 is 5.97 Å². The van der Waals surface area contributed by atoms with Crippen LogP contribution in [0.25, 0.3) is 0 Å². The molecule has 0 aromatic rings. The van der Waals surface area contributed by atoms with Gasteiger partial charge in [-0.05, 0) is 25.8 Å². The van der Waals surface area contributed by atoms with Crippen LogP contribution >= 0.6 is 0 Å². The first kappa shape index (κ1) is 36.6.